The summed E-state index contributed by atoms with van der Waals surface area (Å²) in [6.07, 6.45) is 4.41. The molecule has 2 rings (SSSR count). The van der Waals surface area contributed by atoms with Crippen LogP contribution < -0.4 is 10.2 Å². The highest BCUT2D eigenvalue weighted by atomic mass is 15.2. The summed E-state index contributed by atoms with van der Waals surface area (Å²) in [4.78, 5) is 11.2. The summed E-state index contributed by atoms with van der Waals surface area (Å²) in [5, 5.41) is 3.30. The molecule has 1 fully saturated rings. The Morgan fingerprint density at radius 1 is 1.39 bits per heavy atom. The second-order valence-electron chi connectivity index (χ2n) is 5.39. The minimum absolute atomic E-state index is 0.480. The van der Waals surface area contributed by atoms with Crippen LogP contribution in [0.25, 0.3) is 0 Å². The molecule has 0 aliphatic heterocycles. The van der Waals surface area contributed by atoms with Gasteiger partial charge in [-0.05, 0) is 46.5 Å². The van der Waals surface area contributed by atoms with Crippen LogP contribution >= 0.6 is 0 Å². The van der Waals surface area contributed by atoms with Crippen molar-refractivity contribution in [1.29, 1.82) is 0 Å². The van der Waals surface area contributed by atoms with E-state index in [0.717, 1.165) is 36.2 Å². The summed E-state index contributed by atoms with van der Waals surface area (Å²) in [6.45, 7) is 10.7. The minimum Gasteiger partial charge on any atom is -0.370 e. The first-order valence-electron chi connectivity index (χ1n) is 6.95. The number of hydrogen-bond acceptors (Lipinski definition) is 4. The topological polar surface area (TPSA) is 41.1 Å². The van der Waals surface area contributed by atoms with Crippen molar-refractivity contribution in [2.24, 2.45) is 5.92 Å². The maximum atomic E-state index is 4.50. The van der Waals surface area contributed by atoms with Crippen LogP contribution in [-0.4, -0.2) is 29.1 Å². The highest BCUT2D eigenvalue weighted by molar-refractivity contribution is 5.58. The van der Waals surface area contributed by atoms with Gasteiger partial charge in [0.2, 0.25) is 0 Å². The number of anilines is 2. The van der Waals surface area contributed by atoms with Crippen LogP contribution in [-0.2, 0) is 0 Å². The molecule has 0 unspecified atom stereocenters. The van der Waals surface area contributed by atoms with E-state index in [0.29, 0.717) is 6.04 Å². The van der Waals surface area contributed by atoms with E-state index in [1.54, 1.807) is 6.33 Å². The zero-order valence-electron chi connectivity index (χ0n) is 11.9. The van der Waals surface area contributed by atoms with Gasteiger partial charge in [-0.3, -0.25) is 0 Å². The molecule has 0 atom stereocenters. The lowest BCUT2D eigenvalue weighted by Crippen LogP contribution is -2.34. The fraction of sp³-hybridized carbons (Fsp3) is 0.714. The standard InChI is InChI=1S/C14H24N4/c1-5-15-13-11(4)14(17-9-16-13)18(10(2)3)8-12-6-7-12/h9-10,12H,5-8H2,1-4H3,(H,15,16,17). The van der Waals surface area contributed by atoms with Crippen LogP contribution in [0.3, 0.4) is 0 Å². The highest BCUT2D eigenvalue weighted by Crippen LogP contribution is 2.33. The molecule has 1 aliphatic carbocycles. The van der Waals surface area contributed by atoms with Crippen LogP contribution in [0.1, 0.15) is 39.2 Å². The average Bonchev–Trinajstić information content (AvgIpc) is 3.13. The third-order valence-electron chi connectivity index (χ3n) is 3.45. The molecule has 0 amide bonds. The van der Waals surface area contributed by atoms with Crippen molar-refractivity contribution in [1.82, 2.24) is 9.97 Å². The highest BCUT2D eigenvalue weighted by Gasteiger charge is 2.27. The Balaban J connectivity index is 2.25. The summed E-state index contributed by atoms with van der Waals surface area (Å²) < 4.78 is 0. The van der Waals surface area contributed by atoms with Crippen LogP contribution in [0.2, 0.25) is 0 Å². The molecule has 1 aromatic heterocycles. The molecule has 1 aliphatic rings. The maximum Gasteiger partial charge on any atom is 0.137 e. The Hall–Kier alpha value is -1.32. The Kier molecular flexibility index (Phi) is 4.04. The normalized spacial score (nSPS) is 14.9. The van der Waals surface area contributed by atoms with E-state index in [1.165, 1.54) is 12.8 Å². The first-order valence-corrected chi connectivity index (χ1v) is 6.95. The third kappa shape index (κ3) is 2.92. The molecule has 0 bridgehead atoms. The van der Waals surface area contributed by atoms with Gasteiger partial charge in [0.15, 0.2) is 0 Å². The first kappa shape index (κ1) is 13.1. The van der Waals surface area contributed by atoms with Crippen molar-refractivity contribution in [2.45, 2.75) is 46.6 Å². The number of aromatic nitrogens is 2. The van der Waals surface area contributed by atoms with Gasteiger partial charge in [0.1, 0.15) is 18.0 Å². The van der Waals surface area contributed by atoms with Gasteiger partial charge in [-0.25, -0.2) is 9.97 Å². The van der Waals surface area contributed by atoms with Crippen molar-refractivity contribution in [3.63, 3.8) is 0 Å². The second kappa shape index (κ2) is 5.55. The minimum atomic E-state index is 0.480. The monoisotopic (exact) mass is 248 g/mol. The Morgan fingerprint density at radius 2 is 2.11 bits per heavy atom. The molecule has 0 spiro atoms. The van der Waals surface area contributed by atoms with E-state index in [-0.39, 0.29) is 0 Å². The second-order valence-corrected chi connectivity index (χ2v) is 5.39. The van der Waals surface area contributed by atoms with Gasteiger partial charge in [-0.15, -0.1) is 0 Å². The van der Waals surface area contributed by atoms with Crippen LogP contribution in [0.5, 0.6) is 0 Å². The molecule has 100 valence electrons. The molecule has 18 heavy (non-hydrogen) atoms. The van der Waals surface area contributed by atoms with Crippen molar-refractivity contribution in [2.75, 3.05) is 23.3 Å². The van der Waals surface area contributed by atoms with E-state index in [4.69, 9.17) is 0 Å². The van der Waals surface area contributed by atoms with Crippen molar-refractivity contribution >= 4 is 11.6 Å². The van der Waals surface area contributed by atoms with E-state index in [1.807, 2.05) is 0 Å². The van der Waals surface area contributed by atoms with Crippen molar-refractivity contribution < 1.29 is 0 Å². The lowest BCUT2D eigenvalue weighted by molar-refractivity contribution is 0.634. The molecule has 4 nitrogen and oxygen atoms in total. The molecule has 1 N–H and O–H groups in total. The zero-order valence-corrected chi connectivity index (χ0v) is 11.9. The molecule has 4 heteroatoms. The predicted molar refractivity (Wildman–Crippen MR) is 76.1 cm³/mol. The molecule has 0 radical (unpaired) electrons. The summed E-state index contributed by atoms with van der Waals surface area (Å²) in [5.41, 5.74) is 1.16. The Bertz CT molecular complexity index is 399. The van der Waals surface area contributed by atoms with Gasteiger partial charge in [0, 0.05) is 24.7 Å². The van der Waals surface area contributed by atoms with E-state index in [2.05, 4.69) is 47.9 Å². The number of hydrogen-bond donors (Lipinski definition) is 1. The quantitative estimate of drug-likeness (QED) is 0.840. The van der Waals surface area contributed by atoms with Gasteiger partial charge in [0.05, 0.1) is 0 Å². The van der Waals surface area contributed by atoms with Gasteiger partial charge >= 0.3 is 0 Å². The molecule has 0 saturated heterocycles. The fourth-order valence-corrected chi connectivity index (χ4v) is 2.20. The van der Waals surface area contributed by atoms with E-state index >= 15 is 0 Å². The molecular weight excluding hydrogens is 224 g/mol. The predicted octanol–water partition coefficient (Wildman–Crippen LogP) is 2.84. The average molecular weight is 248 g/mol. The van der Waals surface area contributed by atoms with Crippen molar-refractivity contribution in [3.05, 3.63) is 11.9 Å². The van der Waals surface area contributed by atoms with Crippen LogP contribution in [0, 0.1) is 12.8 Å². The Labute approximate surface area is 110 Å². The van der Waals surface area contributed by atoms with Gasteiger partial charge in [-0.1, -0.05) is 0 Å². The smallest absolute Gasteiger partial charge is 0.137 e. The van der Waals surface area contributed by atoms with E-state index in [9.17, 15) is 0 Å². The number of nitrogens with one attached hydrogen (secondary N) is 1. The van der Waals surface area contributed by atoms with Gasteiger partial charge < -0.3 is 10.2 Å². The number of nitrogens with zero attached hydrogens (tertiary/aromatic N) is 3. The maximum absolute atomic E-state index is 4.50. The van der Waals surface area contributed by atoms with Gasteiger partial charge in [0.25, 0.3) is 0 Å². The SMILES string of the molecule is CCNc1ncnc(N(CC2CC2)C(C)C)c1C. The van der Waals surface area contributed by atoms with Crippen LogP contribution in [0.4, 0.5) is 11.6 Å². The molecule has 1 heterocycles. The lowest BCUT2D eigenvalue weighted by atomic mass is 10.2. The molecule has 1 saturated carbocycles. The third-order valence-corrected chi connectivity index (χ3v) is 3.45. The van der Waals surface area contributed by atoms with Crippen LogP contribution in [0.15, 0.2) is 6.33 Å². The molecular formula is C14H24N4. The zero-order chi connectivity index (χ0) is 13.1. The number of rotatable bonds is 6. The largest absolute Gasteiger partial charge is 0.370 e. The summed E-state index contributed by atoms with van der Waals surface area (Å²) >= 11 is 0. The first-order chi connectivity index (χ1) is 8.63. The van der Waals surface area contributed by atoms with Crippen molar-refractivity contribution in [3.8, 4) is 0 Å². The van der Waals surface area contributed by atoms with Gasteiger partial charge in [-0.2, -0.15) is 0 Å². The molecule has 1 aromatic rings. The summed E-state index contributed by atoms with van der Waals surface area (Å²) in [6, 6.07) is 0.480. The molecule has 0 aromatic carbocycles. The lowest BCUT2D eigenvalue weighted by Gasteiger charge is -2.29. The fourth-order valence-electron chi connectivity index (χ4n) is 2.20. The summed E-state index contributed by atoms with van der Waals surface area (Å²) in [7, 11) is 0. The summed E-state index contributed by atoms with van der Waals surface area (Å²) in [5.74, 6) is 2.91. The Morgan fingerprint density at radius 3 is 2.67 bits per heavy atom. The van der Waals surface area contributed by atoms with E-state index < -0.39 is 0 Å².